The van der Waals surface area contributed by atoms with Gasteiger partial charge in [-0.2, -0.15) is 4.31 Å². The summed E-state index contributed by atoms with van der Waals surface area (Å²) in [5, 5.41) is 9.23. The Labute approximate surface area is 147 Å². The van der Waals surface area contributed by atoms with Crippen LogP contribution in [0.25, 0.3) is 0 Å². The SMILES string of the molecule is CC(=O)N1CCCc2ccc(S(=O)(=O)N3C[C@@H](C)[C@H](C(=O)O)C3)cc21. The summed E-state index contributed by atoms with van der Waals surface area (Å²) < 4.78 is 27.1. The Bertz CT molecular complexity index is 820. The third kappa shape index (κ3) is 3.16. The number of carbonyl (C=O) groups excluding carboxylic acids is 1. The first-order chi connectivity index (χ1) is 11.7. The van der Waals surface area contributed by atoms with Gasteiger partial charge in [0.15, 0.2) is 0 Å². The van der Waals surface area contributed by atoms with Crippen molar-refractivity contribution in [3.8, 4) is 0 Å². The molecule has 2 atom stereocenters. The van der Waals surface area contributed by atoms with Gasteiger partial charge in [0.1, 0.15) is 0 Å². The number of amides is 1. The summed E-state index contributed by atoms with van der Waals surface area (Å²) in [7, 11) is -3.79. The van der Waals surface area contributed by atoms with Gasteiger partial charge >= 0.3 is 5.97 Å². The van der Waals surface area contributed by atoms with Gasteiger partial charge in [-0.1, -0.05) is 13.0 Å². The summed E-state index contributed by atoms with van der Waals surface area (Å²) >= 11 is 0. The van der Waals surface area contributed by atoms with E-state index >= 15 is 0 Å². The number of aliphatic carboxylic acids is 1. The number of benzene rings is 1. The van der Waals surface area contributed by atoms with E-state index in [2.05, 4.69) is 0 Å². The Morgan fingerprint density at radius 3 is 2.56 bits per heavy atom. The van der Waals surface area contributed by atoms with Crippen LogP contribution >= 0.6 is 0 Å². The maximum absolute atomic E-state index is 12.9. The number of carboxylic acids is 1. The van der Waals surface area contributed by atoms with Crippen molar-refractivity contribution in [1.82, 2.24) is 4.31 Å². The van der Waals surface area contributed by atoms with E-state index in [1.54, 1.807) is 30.0 Å². The molecule has 2 aliphatic heterocycles. The molecule has 1 aromatic carbocycles. The molecular weight excluding hydrogens is 344 g/mol. The monoisotopic (exact) mass is 366 g/mol. The van der Waals surface area contributed by atoms with Gasteiger partial charge in [0.25, 0.3) is 0 Å². The second kappa shape index (κ2) is 6.42. The normalized spacial score (nSPS) is 24.2. The fraction of sp³-hybridized carbons (Fsp3) is 0.529. The number of sulfonamides is 1. The highest BCUT2D eigenvalue weighted by molar-refractivity contribution is 7.89. The minimum atomic E-state index is -3.79. The molecule has 1 fully saturated rings. The molecule has 2 aliphatic rings. The molecule has 0 bridgehead atoms. The van der Waals surface area contributed by atoms with Gasteiger partial charge in [0.2, 0.25) is 15.9 Å². The summed E-state index contributed by atoms with van der Waals surface area (Å²) in [5.74, 6) is -2.02. The lowest BCUT2D eigenvalue weighted by atomic mass is 9.99. The van der Waals surface area contributed by atoms with Gasteiger partial charge in [0.05, 0.1) is 10.8 Å². The van der Waals surface area contributed by atoms with Gasteiger partial charge in [-0.15, -0.1) is 0 Å². The number of nitrogens with zero attached hydrogens (tertiary/aromatic N) is 2. The molecule has 0 spiro atoms. The van der Waals surface area contributed by atoms with E-state index in [0.29, 0.717) is 12.2 Å². The highest BCUT2D eigenvalue weighted by Gasteiger charge is 2.41. The molecule has 2 heterocycles. The zero-order valence-corrected chi connectivity index (χ0v) is 15.1. The Morgan fingerprint density at radius 1 is 1.24 bits per heavy atom. The quantitative estimate of drug-likeness (QED) is 0.871. The fourth-order valence-electron chi connectivity index (χ4n) is 3.63. The van der Waals surface area contributed by atoms with Crippen molar-refractivity contribution in [2.24, 2.45) is 11.8 Å². The summed E-state index contributed by atoms with van der Waals surface area (Å²) in [4.78, 5) is 24.8. The van der Waals surface area contributed by atoms with Crippen LogP contribution in [0.3, 0.4) is 0 Å². The number of carboxylic acid groups (broad SMARTS) is 1. The Hall–Kier alpha value is -1.93. The molecule has 0 radical (unpaired) electrons. The van der Waals surface area contributed by atoms with E-state index in [1.165, 1.54) is 11.2 Å². The Morgan fingerprint density at radius 2 is 1.96 bits per heavy atom. The molecule has 25 heavy (non-hydrogen) atoms. The topological polar surface area (TPSA) is 95.0 Å². The fourth-order valence-corrected chi connectivity index (χ4v) is 5.22. The maximum atomic E-state index is 12.9. The first-order valence-corrected chi connectivity index (χ1v) is 9.80. The van der Waals surface area contributed by atoms with E-state index in [0.717, 1.165) is 18.4 Å². The number of fused-ring (bicyclic) bond motifs is 1. The largest absolute Gasteiger partial charge is 0.481 e. The summed E-state index contributed by atoms with van der Waals surface area (Å²) in [6.45, 7) is 3.96. The first kappa shape index (κ1) is 17.9. The third-order valence-corrected chi connectivity index (χ3v) is 6.92. The van der Waals surface area contributed by atoms with E-state index in [1.807, 2.05) is 0 Å². The molecule has 1 saturated heterocycles. The molecule has 8 heteroatoms. The van der Waals surface area contributed by atoms with Crippen molar-refractivity contribution in [3.05, 3.63) is 23.8 Å². The minimum absolute atomic E-state index is 0.0215. The van der Waals surface area contributed by atoms with Crippen molar-refractivity contribution in [2.75, 3.05) is 24.5 Å². The molecular formula is C17H22N2O5S. The Balaban J connectivity index is 1.95. The van der Waals surface area contributed by atoms with Crippen LogP contribution in [-0.2, 0) is 26.0 Å². The molecule has 0 saturated carbocycles. The molecule has 0 unspecified atom stereocenters. The smallest absolute Gasteiger partial charge is 0.308 e. The molecule has 136 valence electrons. The number of aryl methyl sites for hydroxylation is 1. The van der Waals surface area contributed by atoms with Crippen LogP contribution in [0.15, 0.2) is 23.1 Å². The van der Waals surface area contributed by atoms with Crippen molar-refractivity contribution in [2.45, 2.75) is 31.6 Å². The molecule has 3 rings (SSSR count). The van der Waals surface area contributed by atoms with Crippen LogP contribution < -0.4 is 4.90 Å². The molecule has 1 aromatic rings. The second-order valence-electron chi connectivity index (χ2n) is 6.81. The lowest BCUT2D eigenvalue weighted by molar-refractivity contribution is -0.142. The summed E-state index contributed by atoms with van der Waals surface area (Å²) in [6, 6.07) is 4.85. The van der Waals surface area contributed by atoms with Crippen molar-refractivity contribution >= 4 is 27.6 Å². The number of hydrogen-bond donors (Lipinski definition) is 1. The standard InChI is InChI=1S/C17H22N2O5S/c1-11-9-18(10-15(11)17(21)22)25(23,24)14-6-5-13-4-3-7-19(12(2)20)16(13)8-14/h5-6,8,11,15H,3-4,7,9-10H2,1-2H3,(H,21,22)/t11-,15-/m1/s1. The summed E-state index contributed by atoms with van der Waals surface area (Å²) in [6.07, 6.45) is 1.66. The van der Waals surface area contributed by atoms with Gasteiger partial charge in [-0.3, -0.25) is 9.59 Å². The van der Waals surface area contributed by atoms with E-state index in [-0.39, 0.29) is 29.8 Å². The van der Waals surface area contributed by atoms with Crippen LogP contribution in [0.2, 0.25) is 0 Å². The average Bonchev–Trinajstić information content (AvgIpc) is 2.96. The number of anilines is 1. The predicted molar refractivity (Wildman–Crippen MR) is 91.8 cm³/mol. The van der Waals surface area contributed by atoms with Crippen LogP contribution in [0.1, 0.15) is 25.8 Å². The van der Waals surface area contributed by atoms with E-state index in [4.69, 9.17) is 0 Å². The summed E-state index contributed by atoms with van der Waals surface area (Å²) in [5.41, 5.74) is 1.60. The van der Waals surface area contributed by atoms with Crippen LogP contribution in [0, 0.1) is 11.8 Å². The van der Waals surface area contributed by atoms with Crippen LogP contribution in [-0.4, -0.2) is 49.3 Å². The zero-order chi connectivity index (χ0) is 18.4. The molecule has 0 aromatic heterocycles. The zero-order valence-electron chi connectivity index (χ0n) is 14.3. The second-order valence-corrected chi connectivity index (χ2v) is 8.75. The van der Waals surface area contributed by atoms with Crippen molar-refractivity contribution in [3.63, 3.8) is 0 Å². The highest BCUT2D eigenvalue weighted by atomic mass is 32.2. The van der Waals surface area contributed by atoms with Crippen LogP contribution in [0.4, 0.5) is 5.69 Å². The van der Waals surface area contributed by atoms with E-state index < -0.39 is 21.9 Å². The maximum Gasteiger partial charge on any atom is 0.308 e. The average molecular weight is 366 g/mol. The lowest BCUT2D eigenvalue weighted by Crippen LogP contribution is -2.34. The van der Waals surface area contributed by atoms with E-state index in [9.17, 15) is 23.1 Å². The Kier molecular flexibility index (Phi) is 4.59. The van der Waals surface area contributed by atoms with Gasteiger partial charge in [-0.05, 0) is 36.5 Å². The molecule has 7 nitrogen and oxygen atoms in total. The highest BCUT2D eigenvalue weighted by Crippen LogP contribution is 2.33. The van der Waals surface area contributed by atoms with Gasteiger partial charge in [-0.25, -0.2) is 8.42 Å². The van der Waals surface area contributed by atoms with Crippen LogP contribution in [0.5, 0.6) is 0 Å². The molecule has 1 amide bonds. The lowest BCUT2D eigenvalue weighted by Gasteiger charge is -2.29. The first-order valence-electron chi connectivity index (χ1n) is 8.36. The van der Waals surface area contributed by atoms with Gasteiger partial charge in [0, 0.05) is 32.2 Å². The number of hydrogen-bond acceptors (Lipinski definition) is 4. The molecule has 1 N–H and O–H groups in total. The third-order valence-electron chi connectivity index (χ3n) is 5.09. The molecule has 0 aliphatic carbocycles. The van der Waals surface area contributed by atoms with Crippen molar-refractivity contribution < 1.29 is 23.1 Å². The predicted octanol–water partition coefficient (Wildman–Crippen LogP) is 1.33. The number of carbonyl (C=O) groups is 2. The van der Waals surface area contributed by atoms with Gasteiger partial charge < -0.3 is 10.0 Å². The van der Waals surface area contributed by atoms with Crippen molar-refractivity contribution in [1.29, 1.82) is 0 Å². The minimum Gasteiger partial charge on any atom is -0.481 e. The number of rotatable bonds is 3.